The Morgan fingerprint density at radius 2 is 2.12 bits per heavy atom. The molecule has 0 N–H and O–H groups in total. The largest absolute Gasteiger partial charge is 0.457 e. The summed E-state index contributed by atoms with van der Waals surface area (Å²) in [5.74, 6) is -0.364. The Hall–Kier alpha value is -1.75. The van der Waals surface area contributed by atoms with Gasteiger partial charge in [-0.1, -0.05) is 34.8 Å². The van der Waals surface area contributed by atoms with E-state index in [2.05, 4.69) is 9.59 Å². The van der Waals surface area contributed by atoms with Gasteiger partial charge in [0, 0.05) is 0 Å². The van der Waals surface area contributed by atoms with E-state index in [9.17, 15) is 4.79 Å². The maximum absolute atomic E-state index is 11.6. The topological polar surface area (TPSA) is 52.1 Å². The van der Waals surface area contributed by atoms with Gasteiger partial charge in [-0.25, -0.2) is 4.79 Å². The van der Waals surface area contributed by atoms with Gasteiger partial charge >= 0.3 is 5.97 Å². The second-order valence-electron chi connectivity index (χ2n) is 3.25. The van der Waals surface area contributed by atoms with Crippen LogP contribution in [0.3, 0.4) is 0 Å². The summed E-state index contributed by atoms with van der Waals surface area (Å²) in [4.78, 5) is 12.1. The highest BCUT2D eigenvalue weighted by Gasteiger charge is 2.14. The predicted molar refractivity (Wildman–Crippen MR) is 60.2 cm³/mol. The van der Waals surface area contributed by atoms with E-state index in [4.69, 9.17) is 4.74 Å². The fraction of sp³-hybridized carbons (Fsp3) is 0.182. The van der Waals surface area contributed by atoms with Gasteiger partial charge in [-0.2, -0.15) is 0 Å². The molecule has 4 nitrogen and oxygen atoms in total. The first-order chi connectivity index (χ1) is 7.77. The minimum absolute atomic E-state index is 0.275. The van der Waals surface area contributed by atoms with E-state index >= 15 is 0 Å². The molecule has 0 amide bonds. The Bertz CT molecular complexity index is 482. The van der Waals surface area contributed by atoms with Crippen molar-refractivity contribution < 1.29 is 9.53 Å². The summed E-state index contributed by atoms with van der Waals surface area (Å²) in [6, 6.07) is 9.55. The highest BCUT2D eigenvalue weighted by molar-refractivity contribution is 7.07. The first-order valence-corrected chi connectivity index (χ1v) is 5.54. The van der Waals surface area contributed by atoms with Crippen LogP contribution < -0.4 is 0 Å². The number of hydrogen-bond donors (Lipinski definition) is 0. The molecule has 0 bridgehead atoms. The highest BCUT2D eigenvalue weighted by Crippen LogP contribution is 2.12. The van der Waals surface area contributed by atoms with Crippen LogP contribution in [0, 0.1) is 6.92 Å². The summed E-state index contributed by atoms with van der Waals surface area (Å²) < 4.78 is 8.83. The summed E-state index contributed by atoms with van der Waals surface area (Å²) in [6.45, 7) is 2.01. The lowest BCUT2D eigenvalue weighted by molar-refractivity contribution is 0.0477. The summed E-state index contributed by atoms with van der Waals surface area (Å²) >= 11 is 1.06. The van der Waals surface area contributed by atoms with Gasteiger partial charge in [0.05, 0.1) is 5.69 Å². The van der Waals surface area contributed by atoms with Crippen LogP contribution in [0.1, 0.15) is 20.9 Å². The van der Waals surface area contributed by atoms with Gasteiger partial charge in [0.2, 0.25) is 0 Å². The molecule has 2 aromatic rings. The number of aromatic nitrogens is 2. The Kier molecular flexibility index (Phi) is 3.26. The molecule has 0 atom stereocenters. The van der Waals surface area contributed by atoms with Crippen molar-refractivity contribution in [3.63, 3.8) is 0 Å². The lowest BCUT2D eigenvalue weighted by atomic mass is 10.2. The fourth-order valence-corrected chi connectivity index (χ4v) is 1.76. The van der Waals surface area contributed by atoms with Crippen molar-refractivity contribution in [2.75, 3.05) is 0 Å². The molecule has 1 heterocycles. The van der Waals surface area contributed by atoms with Crippen LogP contribution in [0.2, 0.25) is 0 Å². The van der Waals surface area contributed by atoms with Crippen LogP contribution in [-0.2, 0) is 11.3 Å². The number of carbonyl (C=O) groups excluding carboxylic acids is 1. The zero-order chi connectivity index (χ0) is 11.4. The monoisotopic (exact) mass is 234 g/mol. The van der Waals surface area contributed by atoms with Gasteiger partial charge in [-0.15, -0.1) is 5.10 Å². The van der Waals surface area contributed by atoms with Crippen LogP contribution in [0.15, 0.2) is 30.3 Å². The molecule has 0 aliphatic rings. The highest BCUT2D eigenvalue weighted by atomic mass is 32.1. The standard InChI is InChI=1S/C11H10N2O2S/c1-8-10(16-13-12-8)11(14)15-7-9-5-3-2-4-6-9/h2-6H,7H2,1H3. The predicted octanol–water partition coefficient (Wildman–Crippen LogP) is 2.20. The average molecular weight is 234 g/mol. The van der Waals surface area contributed by atoms with E-state index in [0.717, 1.165) is 17.1 Å². The summed E-state index contributed by atoms with van der Waals surface area (Å²) in [7, 11) is 0. The van der Waals surface area contributed by atoms with Crippen LogP contribution in [-0.4, -0.2) is 15.6 Å². The van der Waals surface area contributed by atoms with E-state index in [-0.39, 0.29) is 12.6 Å². The van der Waals surface area contributed by atoms with E-state index in [1.54, 1.807) is 6.92 Å². The quantitative estimate of drug-likeness (QED) is 0.764. The van der Waals surface area contributed by atoms with E-state index in [0.29, 0.717) is 10.6 Å². The number of esters is 1. The van der Waals surface area contributed by atoms with Gasteiger partial charge in [-0.3, -0.25) is 0 Å². The van der Waals surface area contributed by atoms with Crippen LogP contribution in [0.25, 0.3) is 0 Å². The third-order valence-electron chi connectivity index (χ3n) is 2.05. The van der Waals surface area contributed by atoms with Crippen molar-refractivity contribution in [2.45, 2.75) is 13.5 Å². The van der Waals surface area contributed by atoms with Crippen LogP contribution in [0.5, 0.6) is 0 Å². The first kappa shape index (κ1) is 10.8. The van der Waals surface area contributed by atoms with Crippen LogP contribution in [0.4, 0.5) is 0 Å². The van der Waals surface area contributed by atoms with E-state index < -0.39 is 0 Å². The van der Waals surface area contributed by atoms with Crippen molar-refractivity contribution in [3.05, 3.63) is 46.5 Å². The number of hydrogen-bond acceptors (Lipinski definition) is 5. The number of aryl methyl sites for hydroxylation is 1. The third kappa shape index (κ3) is 2.43. The molecule has 5 heteroatoms. The number of nitrogens with zero attached hydrogens (tertiary/aromatic N) is 2. The van der Waals surface area contributed by atoms with Crippen molar-refractivity contribution in [2.24, 2.45) is 0 Å². The minimum atomic E-state index is -0.364. The van der Waals surface area contributed by atoms with Crippen molar-refractivity contribution in [1.29, 1.82) is 0 Å². The number of ether oxygens (including phenoxy) is 1. The van der Waals surface area contributed by atoms with Crippen molar-refractivity contribution in [1.82, 2.24) is 9.59 Å². The molecule has 0 saturated heterocycles. The smallest absolute Gasteiger partial charge is 0.352 e. The molecule has 82 valence electrons. The van der Waals surface area contributed by atoms with Crippen molar-refractivity contribution in [3.8, 4) is 0 Å². The second kappa shape index (κ2) is 4.85. The maximum atomic E-state index is 11.6. The van der Waals surface area contributed by atoms with Crippen LogP contribution >= 0.6 is 11.5 Å². The summed E-state index contributed by atoms with van der Waals surface area (Å²) in [5.41, 5.74) is 1.58. The maximum Gasteiger partial charge on any atom is 0.352 e. The van der Waals surface area contributed by atoms with Gasteiger partial charge in [0.25, 0.3) is 0 Å². The zero-order valence-electron chi connectivity index (χ0n) is 8.71. The molecular weight excluding hydrogens is 224 g/mol. The lowest BCUT2D eigenvalue weighted by Crippen LogP contribution is -2.04. The Balaban J connectivity index is 1.97. The SMILES string of the molecule is Cc1nnsc1C(=O)OCc1ccccc1. The fourth-order valence-electron chi connectivity index (χ4n) is 1.21. The Morgan fingerprint density at radius 1 is 1.38 bits per heavy atom. The van der Waals surface area contributed by atoms with E-state index in [1.165, 1.54) is 0 Å². The molecule has 0 spiro atoms. The first-order valence-electron chi connectivity index (χ1n) is 4.77. The zero-order valence-corrected chi connectivity index (χ0v) is 9.53. The molecule has 2 rings (SSSR count). The van der Waals surface area contributed by atoms with Gasteiger partial charge in [-0.05, 0) is 24.0 Å². The molecule has 0 fully saturated rings. The molecule has 0 aliphatic heterocycles. The molecule has 16 heavy (non-hydrogen) atoms. The van der Waals surface area contributed by atoms with E-state index in [1.807, 2.05) is 30.3 Å². The van der Waals surface area contributed by atoms with Crippen molar-refractivity contribution >= 4 is 17.5 Å². The number of rotatable bonds is 3. The third-order valence-corrected chi connectivity index (χ3v) is 2.86. The lowest BCUT2D eigenvalue weighted by Gasteiger charge is -2.02. The Morgan fingerprint density at radius 3 is 2.75 bits per heavy atom. The summed E-state index contributed by atoms with van der Waals surface area (Å²) in [6.07, 6.45) is 0. The molecule has 0 radical (unpaired) electrons. The number of benzene rings is 1. The normalized spacial score (nSPS) is 10.1. The molecule has 1 aromatic heterocycles. The molecule has 0 saturated carbocycles. The second-order valence-corrected chi connectivity index (χ2v) is 4.00. The molecule has 0 unspecified atom stereocenters. The molecule has 1 aromatic carbocycles. The van der Waals surface area contributed by atoms with Gasteiger partial charge in [0.15, 0.2) is 4.88 Å². The number of carbonyl (C=O) groups is 1. The summed E-state index contributed by atoms with van der Waals surface area (Å²) in [5, 5.41) is 3.76. The van der Waals surface area contributed by atoms with Gasteiger partial charge in [0.1, 0.15) is 6.61 Å². The minimum Gasteiger partial charge on any atom is -0.457 e. The molecule has 0 aliphatic carbocycles. The molecular formula is C11H10N2O2S. The van der Waals surface area contributed by atoms with Gasteiger partial charge < -0.3 is 4.74 Å². The average Bonchev–Trinajstić information content (AvgIpc) is 2.74. The Labute approximate surface area is 97.0 Å².